The minimum absolute atomic E-state index is 0.653. The third-order valence-electron chi connectivity index (χ3n) is 1.93. The van der Waals surface area contributed by atoms with Gasteiger partial charge in [-0.1, -0.05) is 0 Å². The highest BCUT2D eigenvalue weighted by Crippen LogP contribution is 1.93. The van der Waals surface area contributed by atoms with Gasteiger partial charge in [0.15, 0.2) is 0 Å². The fraction of sp³-hybridized carbons (Fsp3) is 0.700. The zero-order valence-electron chi connectivity index (χ0n) is 9.38. The lowest BCUT2D eigenvalue weighted by Crippen LogP contribution is -2.20. The molecule has 1 aromatic heterocycles. The van der Waals surface area contributed by atoms with E-state index in [9.17, 15) is 0 Å². The van der Waals surface area contributed by atoms with Gasteiger partial charge in [-0.3, -0.25) is 0 Å². The Labute approximate surface area is 90.2 Å². The second-order valence-corrected chi connectivity index (χ2v) is 3.28. The van der Waals surface area contributed by atoms with Crippen LogP contribution in [0.4, 0.5) is 0 Å². The molecule has 1 heterocycles. The molecule has 0 saturated heterocycles. The number of nitrogens with one attached hydrogen (secondary N) is 2. The zero-order valence-corrected chi connectivity index (χ0v) is 9.38. The summed E-state index contributed by atoms with van der Waals surface area (Å²) >= 11 is 0. The van der Waals surface area contributed by atoms with Gasteiger partial charge in [0.2, 0.25) is 0 Å². The van der Waals surface area contributed by atoms with Gasteiger partial charge in [-0.15, -0.1) is 0 Å². The molecule has 0 aliphatic rings. The summed E-state index contributed by atoms with van der Waals surface area (Å²) in [7, 11) is 1.67. The summed E-state index contributed by atoms with van der Waals surface area (Å²) in [6, 6.07) is 0. The van der Waals surface area contributed by atoms with Crippen molar-refractivity contribution in [3.63, 3.8) is 0 Å². The topological polar surface area (TPSA) is 59.2 Å². The molecule has 2 N–H and O–H groups in total. The average Bonchev–Trinajstić information content (AvgIpc) is 2.63. The molecule has 0 fully saturated rings. The molecule has 1 aromatic rings. The summed E-state index contributed by atoms with van der Waals surface area (Å²) in [5.74, 6) is 0.947. The van der Waals surface area contributed by atoms with Crippen molar-refractivity contribution in [3.05, 3.63) is 17.7 Å². The Morgan fingerprint density at radius 1 is 1.40 bits per heavy atom. The summed E-state index contributed by atoms with van der Waals surface area (Å²) in [5, 5.41) is 3.25. The molecule has 1 rings (SSSR count). The smallest absolute Gasteiger partial charge is 0.103 e. The van der Waals surface area contributed by atoms with Crippen molar-refractivity contribution in [2.24, 2.45) is 0 Å². The van der Waals surface area contributed by atoms with Gasteiger partial charge in [-0.2, -0.15) is 0 Å². The third kappa shape index (κ3) is 5.51. The first kappa shape index (κ1) is 12.2. The summed E-state index contributed by atoms with van der Waals surface area (Å²) in [6.07, 6.45) is 1.84. The largest absolute Gasteiger partial charge is 0.382 e. The van der Waals surface area contributed by atoms with Crippen molar-refractivity contribution in [1.29, 1.82) is 0 Å². The van der Waals surface area contributed by atoms with Crippen LogP contribution in [0.2, 0.25) is 0 Å². The lowest BCUT2D eigenvalue weighted by atomic mass is 10.4. The van der Waals surface area contributed by atoms with Gasteiger partial charge in [0, 0.05) is 32.1 Å². The van der Waals surface area contributed by atoms with Gasteiger partial charge in [-0.25, -0.2) is 4.98 Å². The molecule has 0 amide bonds. The Bertz CT molecular complexity index is 263. The van der Waals surface area contributed by atoms with Crippen LogP contribution in [0.15, 0.2) is 6.20 Å². The monoisotopic (exact) mass is 213 g/mol. The van der Waals surface area contributed by atoms with E-state index in [1.54, 1.807) is 7.11 Å². The van der Waals surface area contributed by atoms with Crippen LogP contribution in [0.1, 0.15) is 11.5 Å². The Morgan fingerprint density at radius 3 is 2.93 bits per heavy atom. The van der Waals surface area contributed by atoms with Gasteiger partial charge in [0.05, 0.1) is 19.8 Å². The number of aryl methyl sites for hydroxylation is 1. The fourth-order valence-corrected chi connectivity index (χ4v) is 1.17. The molecule has 0 spiro atoms. The number of hydrogen-bond acceptors (Lipinski definition) is 4. The molecule has 0 aliphatic heterocycles. The van der Waals surface area contributed by atoms with E-state index in [1.165, 1.54) is 0 Å². The second kappa shape index (κ2) is 7.39. The van der Waals surface area contributed by atoms with Crippen molar-refractivity contribution in [2.75, 3.05) is 33.5 Å². The first-order chi connectivity index (χ1) is 7.33. The lowest BCUT2D eigenvalue weighted by molar-refractivity contribution is 0.0719. The van der Waals surface area contributed by atoms with E-state index in [1.807, 2.05) is 13.1 Å². The molecule has 5 nitrogen and oxygen atoms in total. The van der Waals surface area contributed by atoms with Crippen LogP contribution in [0, 0.1) is 6.92 Å². The van der Waals surface area contributed by atoms with Gasteiger partial charge in [0.1, 0.15) is 5.82 Å². The van der Waals surface area contributed by atoms with E-state index in [4.69, 9.17) is 9.47 Å². The maximum absolute atomic E-state index is 5.30. The van der Waals surface area contributed by atoms with E-state index < -0.39 is 0 Å². The van der Waals surface area contributed by atoms with Gasteiger partial charge < -0.3 is 19.8 Å². The molecule has 0 unspecified atom stereocenters. The number of H-pyrrole nitrogens is 1. The first-order valence-electron chi connectivity index (χ1n) is 5.11. The predicted octanol–water partition coefficient (Wildman–Crippen LogP) is 0.471. The van der Waals surface area contributed by atoms with E-state index in [0.717, 1.165) is 24.6 Å². The molecular formula is C10H19N3O2. The predicted molar refractivity (Wildman–Crippen MR) is 57.7 cm³/mol. The van der Waals surface area contributed by atoms with Crippen molar-refractivity contribution in [2.45, 2.75) is 13.5 Å². The Kier molecular flexibility index (Phi) is 5.99. The minimum Gasteiger partial charge on any atom is -0.382 e. The quantitative estimate of drug-likeness (QED) is 0.616. The highest BCUT2D eigenvalue weighted by Gasteiger charge is 1.95. The Hall–Kier alpha value is -0.910. The van der Waals surface area contributed by atoms with E-state index in [2.05, 4.69) is 15.3 Å². The number of nitrogens with zero attached hydrogens (tertiary/aromatic N) is 1. The van der Waals surface area contributed by atoms with Gasteiger partial charge in [-0.05, 0) is 6.92 Å². The Balaban J connectivity index is 1.93. The fourth-order valence-electron chi connectivity index (χ4n) is 1.17. The Morgan fingerprint density at radius 2 is 2.27 bits per heavy atom. The minimum atomic E-state index is 0.653. The third-order valence-corrected chi connectivity index (χ3v) is 1.93. The number of aromatic nitrogens is 2. The van der Waals surface area contributed by atoms with Gasteiger partial charge >= 0.3 is 0 Å². The number of aromatic amines is 1. The maximum Gasteiger partial charge on any atom is 0.103 e. The molecule has 0 bridgehead atoms. The highest BCUT2D eigenvalue weighted by molar-refractivity contribution is 4.98. The molecule has 0 saturated carbocycles. The molecule has 86 valence electrons. The molecule has 5 heteroatoms. The van der Waals surface area contributed by atoms with Crippen LogP contribution < -0.4 is 5.32 Å². The number of imidazole rings is 1. The summed E-state index contributed by atoms with van der Waals surface area (Å²) in [5.41, 5.74) is 1.10. The zero-order chi connectivity index (χ0) is 10.9. The molecule has 0 aromatic carbocycles. The van der Waals surface area contributed by atoms with Crippen LogP contribution >= 0.6 is 0 Å². The average molecular weight is 213 g/mol. The normalized spacial score (nSPS) is 10.8. The first-order valence-corrected chi connectivity index (χ1v) is 5.11. The molecule has 15 heavy (non-hydrogen) atoms. The lowest BCUT2D eigenvalue weighted by Gasteiger charge is -2.04. The van der Waals surface area contributed by atoms with E-state index in [0.29, 0.717) is 19.8 Å². The number of methoxy groups -OCH3 is 1. The van der Waals surface area contributed by atoms with Crippen LogP contribution in [0.5, 0.6) is 0 Å². The standard InChI is InChI=1S/C10H19N3O2/c1-9-12-8-10(13-9)7-11-3-4-15-6-5-14-2/h8,11H,3-7H2,1-2H3,(H,12,13). The second-order valence-electron chi connectivity index (χ2n) is 3.28. The number of ether oxygens (including phenoxy) is 2. The number of rotatable bonds is 8. The molecule has 0 radical (unpaired) electrons. The van der Waals surface area contributed by atoms with Crippen molar-refractivity contribution < 1.29 is 9.47 Å². The molecule has 0 aliphatic carbocycles. The van der Waals surface area contributed by atoms with Crippen LogP contribution in [0.25, 0.3) is 0 Å². The van der Waals surface area contributed by atoms with Crippen molar-refractivity contribution in [3.8, 4) is 0 Å². The summed E-state index contributed by atoms with van der Waals surface area (Å²) < 4.78 is 10.2. The van der Waals surface area contributed by atoms with Crippen LogP contribution in [-0.2, 0) is 16.0 Å². The summed E-state index contributed by atoms with van der Waals surface area (Å²) in [4.78, 5) is 7.27. The maximum atomic E-state index is 5.30. The van der Waals surface area contributed by atoms with Gasteiger partial charge in [0.25, 0.3) is 0 Å². The van der Waals surface area contributed by atoms with Crippen LogP contribution in [0.3, 0.4) is 0 Å². The van der Waals surface area contributed by atoms with E-state index >= 15 is 0 Å². The SMILES string of the molecule is COCCOCCNCc1cnc(C)[nH]1. The number of hydrogen-bond donors (Lipinski definition) is 2. The van der Waals surface area contributed by atoms with E-state index in [-0.39, 0.29) is 0 Å². The highest BCUT2D eigenvalue weighted by atomic mass is 16.5. The molecular weight excluding hydrogens is 194 g/mol. The van der Waals surface area contributed by atoms with Crippen molar-refractivity contribution in [1.82, 2.24) is 15.3 Å². The van der Waals surface area contributed by atoms with Crippen LogP contribution in [-0.4, -0.2) is 43.4 Å². The summed E-state index contributed by atoms with van der Waals surface area (Å²) in [6.45, 7) is 5.59. The molecule has 0 atom stereocenters. The van der Waals surface area contributed by atoms with Crippen molar-refractivity contribution >= 4 is 0 Å².